The van der Waals surface area contributed by atoms with Crippen molar-refractivity contribution in [1.29, 1.82) is 0 Å². The molecule has 0 saturated heterocycles. The topological polar surface area (TPSA) is 68.2 Å². The summed E-state index contributed by atoms with van der Waals surface area (Å²) in [6.07, 6.45) is 0. The predicted molar refractivity (Wildman–Crippen MR) is 62.0 cm³/mol. The third kappa shape index (κ3) is 2.31. The van der Waals surface area contributed by atoms with Crippen LogP contribution in [-0.4, -0.2) is 17.2 Å². The average Bonchev–Trinajstić information content (AvgIpc) is 2.65. The minimum atomic E-state index is 0.0890. The van der Waals surface area contributed by atoms with Crippen molar-refractivity contribution < 1.29 is 4.42 Å². The molecular weight excluding hydrogens is 204 g/mol. The highest BCUT2D eigenvalue weighted by Gasteiger charge is 2.09. The molecule has 0 spiro atoms. The largest absolute Gasteiger partial charge is 0.390 e. The third-order valence-corrected chi connectivity index (χ3v) is 2.26. The molecule has 0 aliphatic heterocycles. The molecule has 5 nitrogen and oxygen atoms in total. The molecule has 0 unspecified atom stereocenters. The summed E-state index contributed by atoms with van der Waals surface area (Å²) in [6, 6.07) is 8.79. The van der Waals surface area contributed by atoms with Crippen molar-refractivity contribution >= 4 is 12.0 Å². The van der Waals surface area contributed by atoms with E-state index in [1.54, 1.807) is 0 Å². The first-order valence-electron chi connectivity index (χ1n) is 5.01. The Bertz CT molecular complexity index is 480. The number of benzene rings is 1. The van der Waals surface area contributed by atoms with Gasteiger partial charge < -0.3 is 15.1 Å². The van der Waals surface area contributed by atoms with E-state index in [0.717, 1.165) is 0 Å². The minimum Gasteiger partial charge on any atom is -0.390 e. The smallest absolute Gasteiger partial charge is 0.319 e. The summed E-state index contributed by atoms with van der Waals surface area (Å²) in [7, 11) is 1.88. The van der Waals surface area contributed by atoms with Crippen LogP contribution in [0.2, 0.25) is 0 Å². The van der Waals surface area contributed by atoms with Crippen LogP contribution in [0.3, 0.4) is 0 Å². The lowest BCUT2D eigenvalue weighted by Crippen LogP contribution is -2.16. The maximum absolute atomic E-state index is 5.37. The highest BCUT2D eigenvalue weighted by Crippen LogP contribution is 2.15. The van der Waals surface area contributed by atoms with E-state index >= 15 is 0 Å². The number of rotatable bonds is 3. The van der Waals surface area contributed by atoms with Gasteiger partial charge in [0.05, 0.1) is 0 Å². The molecule has 1 aromatic carbocycles. The first-order chi connectivity index (χ1) is 7.65. The minimum absolute atomic E-state index is 0.0890. The molecule has 1 aromatic heterocycles. The Kier molecular flexibility index (Phi) is 2.76. The van der Waals surface area contributed by atoms with Gasteiger partial charge in [-0.05, 0) is 12.5 Å². The van der Waals surface area contributed by atoms with Crippen molar-refractivity contribution in [1.82, 2.24) is 10.2 Å². The summed E-state index contributed by atoms with van der Waals surface area (Å²) < 4.78 is 5.13. The number of aromatic nitrogens is 2. The van der Waals surface area contributed by atoms with E-state index in [2.05, 4.69) is 35.3 Å². The molecule has 2 rings (SSSR count). The number of aryl methyl sites for hydroxylation is 1. The Hall–Kier alpha value is -2.04. The Morgan fingerprint density at radius 1 is 1.38 bits per heavy atom. The zero-order valence-corrected chi connectivity index (χ0v) is 9.34. The van der Waals surface area contributed by atoms with Gasteiger partial charge in [-0.2, -0.15) is 0 Å². The van der Waals surface area contributed by atoms with Crippen LogP contribution in [0.1, 0.15) is 11.1 Å². The fourth-order valence-electron chi connectivity index (χ4n) is 1.53. The van der Waals surface area contributed by atoms with E-state index in [4.69, 9.17) is 10.2 Å². The number of hydrogen-bond donors (Lipinski definition) is 1. The number of anilines is 2. The van der Waals surface area contributed by atoms with Crippen molar-refractivity contribution in [2.45, 2.75) is 13.5 Å². The summed E-state index contributed by atoms with van der Waals surface area (Å²) >= 11 is 0. The lowest BCUT2D eigenvalue weighted by atomic mass is 10.1. The van der Waals surface area contributed by atoms with Gasteiger partial charge in [-0.15, -0.1) is 0 Å². The maximum Gasteiger partial charge on any atom is 0.319 e. The van der Waals surface area contributed by atoms with E-state index in [-0.39, 0.29) is 6.01 Å². The third-order valence-electron chi connectivity index (χ3n) is 2.26. The fourth-order valence-corrected chi connectivity index (χ4v) is 1.53. The quantitative estimate of drug-likeness (QED) is 0.847. The van der Waals surface area contributed by atoms with Gasteiger partial charge in [-0.1, -0.05) is 40.0 Å². The summed E-state index contributed by atoms with van der Waals surface area (Å²) in [5.74, 6) is 0. The molecule has 0 aliphatic carbocycles. The molecule has 16 heavy (non-hydrogen) atoms. The normalized spacial score (nSPS) is 10.4. The van der Waals surface area contributed by atoms with Gasteiger partial charge in [-0.3, -0.25) is 0 Å². The van der Waals surface area contributed by atoms with Crippen LogP contribution in [0.25, 0.3) is 0 Å². The van der Waals surface area contributed by atoms with Crippen LogP contribution in [0.15, 0.2) is 28.7 Å². The number of nitrogens with two attached hydrogens (primary N) is 1. The summed E-state index contributed by atoms with van der Waals surface area (Å²) in [6.45, 7) is 2.78. The molecule has 0 aliphatic rings. The van der Waals surface area contributed by atoms with E-state index in [9.17, 15) is 0 Å². The highest BCUT2D eigenvalue weighted by atomic mass is 16.4. The van der Waals surface area contributed by atoms with E-state index in [1.165, 1.54) is 11.1 Å². The SMILES string of the molecule is Cc1cccc(CN(C)c2nnc(N)o2)c1. The Balaban J connectivity index is 2.10. The molecule has 0 radical (unpaired) electrons. The maximum atomic E-state index is 5.37. The standard InChI is InChI=1S/C11H14N4O/c1-8-4-3-5-9(6-8)7-15(2)11-14-13-10(12)16-11/h3-6H,7H2,1-2H3,(H2,12,13). The summed E-state index contributed by atoms with van der Waals surface area (Å²) in [4.78, 5) is 1.86. The molecule has 0 bridgehead atoms. The van der Waals surface area contributed by atoms with Crippen LogP contribution in [-0.2, 0) is 6.54 Å². The van der Waals surface area contributed by atoms with Crippen molar-refractivity contribution in [3.63, 3.8) is 0 Å². The first kappa shape index (κ1) is 10.5. The molecule has 5 heteroatoms. The van der Waals surface area contributed by atoms with Gasteiger partial charge in [0.1, 0.15) is 0 Å². The Morgan fingerprint density at radius 2 is 2.19 bits per heavy atom. The van der Waals surface area contributed by atoms with Crippen LogP contribution in [0.5, 0.6) is 0 Å². The van der Waals surface area contributed by atoms with Crippen molar-refractivity contribution in [2.24, 2.45) is 0 Å². The van der Waals surface area contributed by atoms with Gasteiger partial charge in [0.2, 0.25) is 0 Å². The molecule has 1 heterocycles. The molecule has 0 amide bonds. The molecule has 2 aromatic rings. The molecule has 84 valence electrons. The van der Waals surface area contributed by atoms with Crippen LogP contribution >= 0.6 is 0 Å². The van der Waals surface area contributed by atoms with Crippen LogP contribution in [0, 0.1) is 6.92 Å². The lowest BCUT2D eigenvalue weighted by molar-refractivity contribution is 0.559. The highest BCUT2D eigenvalue weighted by molar-refractivity contribution is 5.30. The van der Waals surface area contributed by atoms with Gasteiger partial charge in [0, 0.05) is 13.6 Å². The monoisotopic (exact) mass is 218 g/mol. The van der Waals surface area contributed by atoms with E-state index < -0.39 is 0 Å². The zero-order chi connectivity index (χ0) is 11.5. The van der Waals surface area contributed by atoms with Crippen LogP contribution in [0.4, 0.5) is 12.0 Å². The summed E-state index contributed by atoms with van der Waals surface area (Å²) in [5.41, 5.74) is 7.79. The predicted octanol–water partition coefficient (Wildman–Crippen LogP) is 1.60. The average molecular weight is 218 g/mol. The lowest BCUT2D eigenvalue weighted by Gasteiger charge is -2.13. The molecule has 0 fully saturated rings. The Morgan fingerprint density at radius 3 is 2.81 bits per heavy atom. The van der Waals surface area contributed by atoms with E-state index in [0.29, 0.717) is 12.6 Å². The van der Waals surface area contributed by atoms with Gasteiger partial charge >= 0.3 is 12.0 Å². The number of nitrogens with zero attached hydrogens (tertiary/aromatic N) is 3. The second-order valence-electron chi connectivity index (χ2n) is 3.77. The van der Waals surface area contributed by atoms with Crippen LogP contribution < -0.4 is 10.6 Å². The van der Waals surface area contributed by atoms with Crippen molar-refractivity contribution in [2.75, 3.05) is 17.7 Å². The zero-order valence-electron chi connectivity index (χ0n) is 9.34. The number of hydrogen-bond acceptors (Lipinski definition) is 5. The Labute approximate surface area is 93.9 Å². The van der Waals surface area contributed by atoms with Gasteiger partial charge in [0.25, 0.3) is 0 Å². The fraction of sp³-hybridized carbons (Fsp3) is 0.273. The second-order valence-corrected chi connectivity index (χ2v) is 3.77. The summed E-state index contributed by atoms with van der Waals surface area (Å²) in [5, 5.41) is 7.43. The van der Waals surface area contributed by atoms with Crippen molar-refractivity contribution in [3.05, 3.63) is 35.4 Å². The molecule has 2 N–H and O–H groups in total. The van der Waals surface area contributed by atoms with E-state index in [1.807, 2.05) is 18.0 Å². The van der Waals surface area contributed by atoms with Crippen molar-refractivity contribution in [3.8, 4) is 0 Å². The molecule has 0 atom stereocenters. The molecular formula is C11H14N4O. The van der Waals surface area contributed by atoms with Gasteiger partial charge in [0.15, 0.2) is 0 Å². The number of nitrogen functional groups attached to an aromatic ring is 1. The van der Waals surface area contributed by atoms with Gasteiger partial charge in [-0.25, -0.2) is 0 Å². The molecule has 0 saturated carbocycles. The second kappa shape index (κ2) is 4.22. The first-order valence-corrected chi connectivity index (χ1v) is 5.01.